The largest absolute Gasteiger partial charge is 0.350 e. The van der Waals surface area contributed by atoms with E-state index < -0.39 is 0 Å². The Kier molecular flexibility index (Phi) is 4.65. The number of carbonyl (C=O) groups excluding carboxylic acids is 1. The highest BCUT2D eigenvalue weighted by atomic mass is 16.1. The average molecular weight is 356 g/mol. The molecular weight excluding hydrogens is 340 g/mol. The molecule has 2 N–H and O–H groups in total. The van der Waals surface area contributed by atoms with Crippen molar-refractivity contribution in [2.24, 2.45) is 0 Å². The van der Waals surface area contributed by atoms with Crippen LogP contribution in [0.15, 0.2) is 73.3 Å². The number of aromatic nitrogens is 4. The summed E-state index contributed by atoms with van der Waals surface area (Å²) in [6, 6.07) is 14.8. The van der Waals surface area contributed by atoms with Crippen molar-refractivity contribution in [1.82, 2.24) is 19.9 Å². The Bertz CT molecular complexity index is 1080. The van der Waals surface area contributed by atoms with E-state index in [-0.39, 0.29) is 11.6 Å². The Morgan fingerprint density at radius 1 is 0.926 bits per heavy atom. The minimum Gasteiger partial charge on any atom is -0.350 e. The molecular formula is C20H16N6O. The lowest BCUT2D eigenvalue weighted by atomic mass is 10.2. The van der Waals surface area contributed by atoms with Gasteiger partial charge in [-0.1, -0.05) is 24.3 Å². The Morgan fingerprint density at radius 2 is 1.81 bits per heavy atom. The molecule has 0 radical (unpaired) electrons. The number of nitrogens with zero attached hydrogens (tertiary/aromatic N) is 4. The van der Waals surface area contributed by atoms with Crippen LogP contribution in [0.2, 0.25) is 0 Å². The normalized spacial score (nSPS) is 10.5. The molecule has 0 saturated carbocycles. The van der Waals surface area contributed by atoms with Gasteiger partial charge in [0.1, 0.15) is 5.69 Å². The fraction of sp³-hybridized carbons (Fsp3) is 0.0500. The zero-order valence-electron chi connectivity index (χ0n) is 14.3. The maximum atomic E-state index is 12.6. The summed E-state index contributed by atoms with van der Waals surface area (Å²) in [6.45, 7) is 0.520. The number of benzene rings is 1. The quantitative estimate of drug-likeness (QED) is 0.570. The fourth-order valence-corrected chi connectivity index (χ4v) is 2.65. The van der Waals surface area contributed by atoms with Crippen molar-refractivity contribution >= 4 is 28.4 Å². The van der Waals surface area contributed by atoms with Crippen LogP contribution in [0.25, 0.3) is 10.9 Å². The lowest BCUT2D eigenvalue weighted by molar-refractivity contribution is 0.102. The molecule has 7 heteroatoms. The Labute approximate surface area is 155 Å². The first-order valence-electron chi connectivity index (χ1n) is 8.40. The number of para-hydroxylation sites is 1. The zero-order chi connectivity index (χ0) is 18.5. The van der Waals surface area contributed by atoms with Crippen LogP contribution in [-0.4, -0.2) is 25.8 Å². The van der Waals surface area contributed by atoms with Gasteiger partial charge in [-0.3, -0.25) is 14.8 Å². The van der Waals surface area contributed by atoms with E-state index in [2.05, 4.69) is 30.6 Å². The second kappa shape index (κ2) is 7.57. The SMILES string of the molecule is O=C(Nc1cccc2cccnc12)c1ccnc(NCc2cccnc2)n1. The van der Waals surface area contributed by atoms with E-state index in [4.69, 9.17) is 0 Å². The van der Waals surface area contributed by atoms with Gasteiger partial charge in [-0.25, -0.2) is 9.97 Å². The highest BCUT2D eigenvalue weighted by Crippen LogP contribution is 2.21. The lowest BCUT2D eigenvalue weighted by Gasteiger charge is -2.09. The van der Waals surface area contributed by atoms with Crippen molar-refractivity contribution in [3.8, 4) is 0 Å². The van der Waals surface area contributed by atoms with Gasteiger partial charge in [-0.2, -0.15) is 0 Å². The zero-order valence-corrected chi connectivity index (χ0v) is 14.3. The maximum absolute atomic E-state index is 12.6. The molecule has 7 nitrogen and oxygen atoms in total. The van der Waals surface area contributed by atoms with E-state index in [9.17, 15) is 4.79 Å². The van der Waals surface area contributed by atoms with Gasteiger partial charge < -0.3 is 10.6 Å². The van der Waals surface area contributed by atoms with Crippen LogP contribution < -0.4 is 10.6 Å². The third-order valence-corrected chi connectivity index (χ3v) is 3.94. The standard InChI is InChI=1S/C20H16N6O/c27-19(25-16-7-1-5-15-6-3-10-22-18(15)16)17-8-11-23-20(26-17)24-13-14-4-2-9-21-12-14/h1-12H,13H2,(H,25,27)(H,23,24,26). The minimum absolute atomic E-state index is 0.270. The van der Waals surface area contributed by atoms with Gasteiger partial charge in [-0.05, 0) is 29.8 Å². The van der Waals surface area contributed by atoms with Crippen molar-refractivity contribution in [2.45, 2.75) is 6.54 Å². The highest BCUT2D eigenvalue weighted by molar-refractivity contribution is 6.07. The van der Waals surface area contributed by atoms with E-state index >= 15 is 0 Å². The summed E-state index contributed by atoms with van der Waals surface area (Å²) in [6.07, 6.45) is 6.72. The predicted octanol–water partition coefficient (Wildman–Crippen LogP) is 3.28. The smallest absolute Gasteiger partial charge is 0.274 e. The van der Waals surface area contributed by atoms with Crippen LogP contribution in [0.1, 0.15) is 16.1 Å². The molecule has 0 fully saturated rings. The summed E-state index contributed by atoms with van der Waals surface area (Å²) >= 11 is 0. The molecule has 4 rings (SSSR count). The van der Waals surface area contributed by atoms with Gasteiger partial charge in [-0.15, -0.1) is 0 Å². The Morgan fingerprint density at radius 3 is 2.70 bits per heavy atom. The summed E-state index contributed by atoms with van der Waals surface area (Å²) in [5.74, 6) is 0.0579. The Balaban J connectivity index is 1.50. The molecule has 0 aliphatic carbocycles. The first-order valence-corrected chi connectivity index (χ1v) is 8.40. The number of fused-ring (bicyclic) bond motifs is 1. The van der Waals surface area contributed by atoms with Crippen LogP contribution >= 0.6 is 0 Å². The van der Waals surface area contributed by atoms with Crippen molar-refractivity contribution in [3.05, 3.63) is 84.6 Å². The third kappa shape index (κ3) is 3.87. The summed E-state index contributed by atoms with van der Waals surface area (Å²) < 4.78 is 0. The number of hydrogen-bond acceptors (Lipinski definition) is 6. The number of nitrogens with one attached hydrogen (secondary N) is 2. The van der Waals surface area contributed by atoms with Crippen molar-refractivity contribution in [1.29, 1.82) is 0 Å². The molecule has 3 aromatic heterocycles. The van der Waals surface area contributed by atoms with Crippen LogP contribution in [-0.2, 0) is 6.54 Å². The minimum atomic E-state index is -0.319. The van der Waals surface area contributed by atoms with Crippen molar-refractivity contribution < 1.29 is 4.79 Å². The molecule has 4 aromatic rings. The second-order valence-corrected chi connectivity index (χ2v) is 5.82. The molecule has 0 saturated heterocycles. The topological polar surface area (TPSA) is 92.7 Å². The summed E-state index contributed by atoms with van der Waals surface area (Å²) in [5, 5.41) is 6.92. The molecule has 0 aliphatic heterocycles. The molecule has 1 aromatic carbocycles. The molecule has 3 heterocycles. The number of amides is 1. The molecule has 0 atom stereocenters. The molecule has 0 unspecified atom stereocenters. The molecule has 132 valence electrons. The van der Waals surface area contributed by atoms with Crippen LogP contribution in [0.4, 0.5) is 11.6 Å². The van der Waals surface area contributed by atoms with Crippen LogP contribution in [0.3, 0.4) is 0 Å². The van der Waals surface area contributed by atoms with E-state index in [1.807, 2.05) is 42.5 Å². The number of rotatable bonds is 5. The number of pyridine rings is 2. The van der Waals surface area contributed by atoms with Gasteiger partial charge in [0.25, 0.3) is 5.91 Å². The Hall–Kier alpha value is -3.87. The van der Waals surface area contributed by atoms with E-state index in [1.54, 1.807) is 30.9 Å². The van der Waals surface area contributed by atoms with E-state index in [1.165, 1.54) is 0 Å². The highest BCUT2D eigenvalue weighted by Gasteiger charge is 2.11. The lowest BCUT2D eigenvalue weighted by Crippen LogP contribution is -2.15. The monoisotopic (exact) mass is 356 g/mol. The first-order chi connectivity index (χ1) is 13.3. The van der Waals surface area contributed by atoms with Gasteiger partial charge in [0, 0.05) is 36.7 Å². The van der Waals surface area contributed by atoms with E-state index in [0.717, 1.165) is 16.5 Å². The van der Waals surface area contributed by atoms with Crippen LogP contribution in [0.5, 0.6) is 0 Å². The summed E-state index contributed by atoms with van der Waals surface area (Å²) in [7, 11) is 0. The molecule has 0 aliphatic rings. The molecule has 0 bridgehead atoms. The molecule has 0 spiro atoms. The third-order valence-electron chi connectivity index (χ3n) is 3.94. The number of carbonyl (C=O) groups is 1. The van der Waals surface area contributed by atoms with Crippen LogP contribution in [0, 0.1) is 0 Å². The van der Waals surface area contributed by atoms with Gasteiger partial charge in [0.05, 0.1) is 11.2 Å². The molecule has 1 amide bonds. The average Bonchev–Trinajstić information content (AvgIpc) is 2.73. The summed E-state index contributed by atoms with van der Waals surface area (Å²) in [5.41, 5.74) is 2.64. The van der Waals surface area contributed by atoms with Crippen molar-refractivity contribution in [2.75, 3.05) is 10.6 Å². The number of anilines is 2. The van der Waals surface area contributed by atoms with Gasteiger partial charge in [0.15, 0.2) is 0 Å². The fourth-order valence-electron chi connectivity index (χ4n) is 2.65. The van der Waals surface area contributed by atoms with Gasteiger partial charge in [0.2, 0.25) is 5.95 Å². The van der Waals surface area contributed by atoms with E-state index in [0.29, 0.717) is 18.2 Å². The second-order valence-electron chi connectivity index (χ2n) is 5.82. The summed E-state index contributed by atoms with van der Waals surface area (Å²) in [4.78, 5) is 29.5. The first kappa shape index (κ1) is 16.6. The molecule has 27 heavy (non-hydrogen) atoms. The van der Waals surface area contributed by atoms with Crippen molar-refractivity contribution in [3.63, 3.8) is 0 Å². The maximum Gasteiger partial charge on any atom is 0.274 e. The van der Waals surface area contributed by atoms with Gasteiger partial charge >= 0.3 is 0 Å². The number of hydrogen-bond donors (Lipinski definition) is 2. The predicted molar refractivity (Wildman–Crippen MR) is 103 cm³/mol.